The van der Waals surface area contributed by atoms with Crippen LogP contribution in [-0.2, 0) is 9.59 Å². The van der Waals surface area contributed by atoms with E-state index in [-0.39, 0.29) is 11.8 Å². The number of carbonyl (C=O) groups is 2. The van der Waals surface area contributed by atoms with Gasteiger partial charge in [0.1, 0.15) is 5.75 Å². The first-order valence-corrected chi connectivity index (χ1v) is 7.54. The van der Waals surface area contributed by atoms with E-state index in [0.717, 1.165) is 25.9 Å². The fraction of sp³-hybridized carbons (Fsp3) is 0.500. The summed E-state index contributed by atoms with van der Waals surface area (Å²) in [5, 5.41) is 8.85. The topological polar surface area (TPSA) is 79.5 Å². The number of amides is 2. The number of carbonyl (C=O) groups excluding carboxylic acids is 2. The summed E-state index contributed by atoms with van der Waals surface area (Å²) in [6.07, 6.45) is 2.55. The monoisotopic (exact) mass is 305 g/mol. The number of rotatable bonds is 6. The molecule has 1 aliphatic rings. The first kappa shape index (κ1) is 16.3. The molecule has 0 aromatic heterocycles. The molecule has 1 fully saturated rings. The van der Waals surface area contributed by atoms with Gasteiger partial charge in [0.15, 0.2) is 0 Å². The Labute approximate surface area is 130 Å². The van der Waals surface area contributed by atoms with Gasteiger partial charge in [0.25, 0.3) is 0 Å². The van der Waals surface area contributed by atoms with E-state index < -0.39 is 0 Å². The van der Waals surface area contributed by atoms with Gasteiger partial charge in [-0.25, -0.2) is 0 Å². The zero-order valence-electron chi connectivity index (χ0n) is 13.1. The van der Waals surface area contributed by atoms with Crippen LogP contribution in [0.15, 0.2) is 18.2 Å². The average Bonchev–Trinajstić information content (AvgIpc) is 2.98. The lowest BCUT2D eigenvalue weighted by atomic mass is 10.0. The molecule has 0 aliphatic carbocycles. The molecule has 2 rings (SSSR count). The van der Waals surface area contributed by atoms with E-state index in [4.69, 9.17) is 4.74 Å². The molecule has 1 aromatic carbocycles. The minimum atomic E-state index is -0.185. The number of hydrogen-bond donors (Lipinski definition) is 3. The predicted octanol–water partition coefficient (Wildman–Crippen LogP) is 1.98. The molecule has 1 saturated heterocycles. The molecule has 0 bridgehead atoms. The fourth-order valence-corrected chi connectivity index (χ4v) is 2.59. The SMILES string of the molecule is COc1ccc(NC(=O)CCC2CCNC2)cc1NC(C)=O. The standard InChI is InChI=1S/C16H23N3O3/c1-11(20)18-14-9-13(4-5-15(14)22-2)19-16(21)6-3-12-7-8-17-10-12/h4-5,9,12,17H,3,6-8,10H2,1-2H3,(H,18,20)(H,19,21). The van der Waals surface area contributed by atoms with Crippen molar-refractivity contribution in [2.45, 2.75) is 26.2 Å². The molecule has 1 unspecified atom stereocenters. The second-order valence-electron chi connectivity index (χ2n) is 5.54. The van der Waals surface area contributed by atoms with Crippen molar-refractivity contribution in [1.29, 1.82) is 0 Å². The van der Waals surface area contributed by atoms with Crippen molar-refractivity contribution < 1.29 is 14.3 Å². The molecule has 0 radical (unpaired) electrons. The van der Waals surface area contributed by atoms with Gasteiger partial charge in [-0.3, -0.25) is 9.59 Å². The van der Waals surface area contributed by atoms with Crippen molar-refractivity contribution in [3.63, 3.8) is 0 Å². The molecule has 0 spiro atoms. The summed E-state index contributed by atoms with van der Waals surface area (Å²) in [5.74, 6) is 0.961. The number of ether oxygens (including phenoxy) is 1. The lowest BCUT2D eigenvalue weighted by Crippen LogP contribution is -2.15. The molecule has 6 heteroatoms. The lowest BCUT2D eigenvalue weighted by Gasteiger charge is -2.12. The predicted molar refractivity (Wildman–Crippen MR) is 86.1 cm³/mol. The highest BCUT2D eigenvalue weighted by molar-refractivity contribution is 5.94. The molecule has 1 aliphatic heterocycles. The molecular weight excluding hydrogens is 282 g/mol. The van der Waals surface area contributed by atoms with Crippen LogP contribution in [0.1, 0.15) is 26.2 Å². The van der Waals surface area contributed by atoms with E-state index in [1.54, 1.807) is 18.2 Å². The van der Waals surface area contributed by atoms with E-state index in [1.807, 2.05) is 0 Å². The van der Waals surface area contributed by atoms with Crippen LogP contribution in [0.2, 0.25) is 0 Å². The smallest absolute Gasteiger partial charge is 0.224 e. The third-order valence-electron chi connectivity index (χ3n) is 3.74. The number of methoxy groups -OCH3 is 1. The summed E-state index contributed by atoms with van der Waals surface area (Å²) < 4.78 is 5.19. The van der Waals surface area contributed by atoms with Gasteiger partial charge >= 0.3 is 0 Å². The van der Waals surface area contributed by atoms with Crippen molar-refractivity contribution >= 4 is 23.2 Å². The molecule has 6 nitrogen and oxygen atoms in total. The Bertz CT molecular complexity index is 539. The van der Waals surface area contributed by atoms with Crippen molar-refractivity contribution in [3.8, 4) is 5.75 Å². The summed E-state index contributed by atoms with van der Waals surface area (Å²) in [6.45, 7) is 3.48. The Hall–Kier alpha value is -2.08. The molecular formula is C16H23N3O3. The van der Waals surface area contributed by atoms with Gasteiger partial charge in [-0.1, -0.05) is 0 Å². The van der Waals surface area contributed by atoms with Crippen LogP contribution < -0.4 is 20.7 Å². The molecule has 22 heavy (non-hydrogen) atoms. The summed E-state index contributed by atoms with van der Waals surface area (Å²) >= 11 is 0. The summed E-state index contributed by atoms with van der Waals surface area (Å²) in [5.41, 5.74) is 1.20. The largest absolute Gasteiger partial charge is 0.495 e. The number of nitrogens with one attached hydrogen (secondary N) is 3. The van der Waals surface area contributed by atoms with E-state index in [0.29, 0.717) is 29.5 Å². The summed E-state index contributed by atoms with van der Waals surface area (Å²) in [6, 6.07) is 5.19. The Balaban J connectivity index is 1.93. The minimum Gasteiger partial charge on any atom is -0.495 e. The van der Waals surface area contributed by atoms with Crippen LogP contribution in [0.4, 0.5) is 11.4 Å². The zero-order valence-corrected chi connectivity index (χ0v) is 13.1. The van der Waals surface area contributed by atoms with Crippen molar-refractivity contribution in [3.05, 3.63) is 18.2 Å². The third kappa shape index (κ3) is 4.73. The molecule has 0 saturated carbocycles. The zero-order chi connectivity index (χ0) is 15.9. The van der Waals surface area contributed by atoms with Crippen LogP contribution in [0, 0.1) is 5.92 Å². The van der Waals surface area contributed by atoms with Crippen LogP contribution in [0.25, 0.3) is 0 Å². The Kier molecular flexibility index (Phi) is 5.77. The van der Waals surface area contributed by atoms with Gasteiger partial charge in [-0.15, -0.1) is 0 Å². The highest BCUT2D eigenvalue weighted by Crippen LogP contribution is 2.28. The van der Waals surface area contributed by atoms with E-state index in [9.17, 15) is 9.59 Å². The molecule has 120 valence electrons. The van der Waals surface area contributed by atoms with Gasteiger partial charge < -0.3 is 20.7 Å². The fourth-order valence-electron chi connectivity index (χ4n) is 2.59. The molecule has 1 heterocycles. The maximum atomic E-state index is 12.0. The van der Waals surface area contributed by atoms with E-state index >= 15 is 0 Å². The highest BCUT2D eigenvalue weighted by atomic mass is 16.5. The van der Waals surface area contributed by atoms with Crippen LogP contribution in [-0.4, -0.2) is 32.0 Å². The first-order valence-electron chi connectivity index (χ1n) is 7.54. The van der Waals surface area contributed by atoms with Gasteiger partial charge in [-0.05, 0) is 50.0 Å². The number of benzene rings is 1. The summed E-state index contributed by atoms with van der Waals surface area (Å²) in [4.78, 5) is 23.2. The maximum absolute atomic E-state index is 12.0. The summed E-state index contributed by atoms with van der Waals surface area (Å²) in [7, 11) is 1.54. The second kappa shape index (κ2) is 7.79. The van der Waals surface area contributed by atoms with Crippen molar-refractivity contribution in [2.24, 2.45) is 5.92 Å². The Morgan fingerprint density at radius 1 is 1.36 bits per heavy atom. The molecule has 1 aromatic rings. The molecule has 3 N–H and O–H groups in total. The number of hydrogen-bond acceptors (Lipinski definition) is 4. The second-order valence-corrected chi connectivity index (χ2v) is 5.54. The lowest BCUT2D eigenvalue weighted by molar-refractivity contribution is -0.116. The average molecular weight is 305 g/mol. The maximum Gasteiger partial charge on any atom is 0.224 e. The van der Waals surface area contributed by atoms with Crippen molar-refractivity contribution in [2.75, 3.05) is 30.8 Å². The van der Waals surface area contributed by atoms with E-state index in [1.165, 1.54) is 14.0 Å². The van der Waals surface area contributed by atoms with Gasteiger partial charge in [0.05, 0.1) is 12.8 Å². The molecule has 1 atom stereocenters. The highest BCUT2D eigenvalue weighted by Gasteiger charge is 2.16. The van der Waals surface area contributed by atoms with Crippen LogP contribution in [0.5, 0.6) is 5.75 Å². The Morgan fingerprint density at radius 2 is 2.18 bits per heavy atom. The normalized spacial score (nSPS) is 17.1. The van der Waals surface area contributed by atoms with Crippen molar-refractivity contribution in [1.82, 2.24) is 5.32 Å². The van der Waals surface area contributed by atoms with Gasteiger partial charge in [0, 0.05) is 19.0 Å². The quantitative estimate of drug-likeness (QED) is 0.751. The molecule has 2 amide bonds. The van der Waals surface area contributed by atoms with Gasteiger partial charge in [0.2, 0.25) is 11.8 Å². The minimum absolute atomic E-state index is 0.00848. The Morgan fingerprint density at radius 3 is 2.82 bits per heavy atom. The van der Waals surface area contributed by atoms with Crippen LogP contribution in [0.3, 0.4) is 0 Å². The van der Waals surface area contributed by atoms with Gasteiger partial charge in [-0.2, -0.15) is 0 Å². The third-order valence-corrected chi connectivity index (χ3v) is 3.74. The number of anilines is 2. The van der Waals surface area contributed by atoms with E-state index in [2.05, 4.69) is 16.0 Å². The first-order chi connectivity index (χ1) is 10.6. The van der Waals surface area contributed by atoms with Crippen LogP contribution >= 0.6 is 0 Å².